The molecule has 0 aliphatic rings. The second-order valence-electron chi connectivity index (χ2n) is 5.61. The van der Waals surface area contributed by atoms with Crippen LogP contribution in [0, 0.1) is 0 Å². The molecule has 0 aliphatic heterocycles. The monoisotopic (exact) mass is 327 g/mol. The fourth-order valence-corrected chi connectivity index (χ4v) is 2.81. The SMILES string of the molecule is Cn1cc[n+](C)c1C(OCc1ccc(Cl)cc1)c1ccccc1. The zero-order valence-corrected chi connectivity index (χ0v) is 14.1. The Hall–Kier alpha value is -2.10. The Labute approximate surface area is 141 Å². The minimum absolute atomic E-state index is 0.128. The molecule has 1 heterocycles. The van der Waals surface area contributed by atoms with Crippen LogP contribution in [-0.4, -0.2) is 4.57 Å². The van der Waals surface area contributed by atoms with Gasteiger partial charge in [0.1, 0.15) is 12.4 Å². The molecule has 0 spiro atoms. The number of benzene rings is 2. The van der Waals surface area contributed by atoms with E-state index in [1.54, 1.807) is 0 Å². The number of rotatable bonds is 5. The first kappa shape index (κ1) is 15.8. The van der Waals surface area contributed by atoms with Crippen molar-refractivity contribution in [2.75, 3.05) is 0 Å². The number of nitrogens with zero attached hydrogens (tertiary/aromatic N) is 2. The molecule has 0 fully saturated rings. The van der Waals surface area contributed by atoms with Crippen LogP contribution in [0.15, 0.2) is 67.0 Å². The van der Waals surface area contributed by atoms with Crippen LogP contribution >= 0.6 is 11.6 Å². The fourth-order valence-electron chi connectivity index (χ4n) is 2.68. The van der Waals surface area contributed by atoms with Gasteiger partial charge in [-0.1, -0.05) is 54.1 Å². The molecule has 0 amide bonds. The number of ether oxygens (including phenoxy) is 1. The average Bonchev–Trinajstić information content (AvgIpc) is 2.90. The van der Waals surface area contributed by atoms with E-state index in [0.29, 0.717) is 6.61 Å². The summed E-state index contributed by atoms with van der Waals surface area (Å²) in [6.45, 7) is 0.530. The second kappa shape index (κ2) is 6.99. The third-order valence-electron chi connectivity index (χ3n) is 3.90. The van der Waals surface area contributed by atoms with Gasteiger partial charge in [0.2, 0.25) is 0 Å². The molecule has 118 valence electrons. The summed E-state index contributed by atoms with van der Waals surface area (Å²) in [7, 11) is 4.08. The predicted molar refractivity (Wildman–Crippen MR) is 91.1 cm³/mol. The Morgan fingerprint density at radius 3 is 2.39 bits per heavy atom. The van der Waals surface area contributed by atoms with Gasteiger partial charge in [0, 0.05) is 5.02 Å². The third kappa shape index (κ3) is 3.63. The van der Waals surface area contributed by atoms with Crippen molar-refractivity contribution in [2.45, 2.75) is 12.7 Å². The molecule has 3 aromatic rings. The van der Waals surface area contributed by atoms with E-state index in [9.17, 15) is 0 Å². The largest absolute Gasteiger partial charge is 0.356 e. The van der Waals surface area contributed by atoms with E-state index in [1.807, 2.05) is 69.0 Å². The molecule has 0 saturated carbocycles. The molecule has 0 radical (unpaired) electrons. The molecule has 3 nitrogen and oxygen atoms in total. The van der Waals surface area contributed by atoms with Crippen LogP contribution in [0.5, 0.6) is 0 Å². The second-order valence-corrected chi connectivity index (χ2v) is 6.04. The molecular weight excluding hydrogens is 308 g/mol. The smallest absolute Gasteiger partial charge is 0.290 e. The molecule has 3 rings (SSSR count). The maximum Gasteiger partial charge on any atom is 0.290 e. The summed E-state index contributed by atoms with van der Waals surface area (Å²) in [4.78, 5) is 0. The Morgan fingerprint density at radius 1 is 1.09 bits per heavy atom. The van der Waals surface area contributed by atoms with Gasteiger partial charge in [0.25, 0.3) is 5.82 Å². The summed E-state index contributed by atoms with van der Waals surface area (Å²) in [5.74, 6) is 1.10. The zero-order chi connectivity index (χ0) is 16.2. The van der Waals surface area contributed by atoms with E-state index in [0.717, 1.165) is 22.0 Å². The quantitative estimate of drug-likeness (QED) is 0.652. The first-order chi connectivity index (χ1) is 11.1. The predicted octanol–water partition coefficient (Wildman–Crippen LogP) is 3.81. The highest BCUT2D eigenvalue weighted by molar-refractivity contribution is 6.30. The van der Waals surface area contributed by atoms with Crippen molar-refractivity contribution in [1.82, 2.24) is 4.57 Å². The van der Waals surface area contributed by atoms with Crippen molar-refractivity contribution in [1.29, 1.82) is 0 Å². The molecule has 4 heteroatoms. The molecule has 0 bridgehead atoms. The van der Waals surface area contributed by atoms with Crippen LogP contribution in [0.2, 0.25) is 5.02 Å². The number of halogens is 1. The topological polar surface area (TPSA) is 18.0 Å². The lowest BCUT2D eigenvalue weighted by molar-refractivity contribution is -0.682. The zero-order valence-electron chi connectivity index (χ0n) is 13.3. The van der Waals surface area contributed by atoms with Gasteiger partial charge in [0.15, 0.2) is 6.10 Å². The van der Waals surface area contributed by atoms with Crippen LogP contribution in [0.4, 0.5) is 0 Å². The van der Waals surface area contributed by atoms with E-state index in [4.69, 9.17) is 16.3 Å². The highest BCUT2D eigenvalue weighted by Crippen LogP contribution is 2.25. The first-order valence-electron chi connectivity index (χ1n) is 7.57. The average molecular weight is 328 g/mol. The molecule has 2 aromatic carbocycles. The molecule has 1 aromatic heterocycles. The van der Waals surface area contributed by atoms with Gasteiger partial charge in [-0.2, -0.15) is 0 Å². The van der Waals surface area contributed by atoms with Crippen LogP contribution in [0.25, 0.3) is 0 Å². The lowest BCUT2D eigenvalue weighted by Gasteiger charge is -2.16. The molecule has 1 atom stereocenters. The minimum Gasteiger partial charge on any atom is -0.356 e. The Bertz CT molecular complexity index is 746. The molecular formula is C19H20ClN2O+. The van der Waals surface area contributed by atoms with E-state index < -0.39 is 0 Å². The number of aryl methyl sites for hydroxylation is 2. The Kier molecular flexibility index (Phi) is 4.79. The number of hydrogen-bond donors (Lipinski definition) is 0. The van der Waals surface area contributed by atoms with Gasteiger partial charge < -0.3 is 4.74 Å². The fraction of sp³-hybridized carbons (Fsp3) is 0.211. The van der Waals surface area contributed by atoms with Crippen LogP contribution in [-0.2, 0) is 25.4 Å². The number of hydrogen-bond acceptors (Lipinski definition) is 1. The van der Waals surface area contributed by atoms with E-state index >= 15 is 0 Å². The van der Waals surface area contributed by atoms with Gasteiger partial charge >= 0.3 is 0 Å². The summed E-state index contributed by atoms with van der Waals surface area (Å²) in [6, 6.07) is 18.1. The van der Waals surface area contributed by atoms with Crippen LogP contribution < -0.4 is 4.57 Å². The van der Waals surface area contributed by atoms with Gasteiger partial charge in [0.05, 0.1) is 20.7 Å². The van der Waals surface area contributed by atoms with Crippen molar-refractivity contribution < 1.29 is 9.30 Å². The van der Waals surface area contributed by atoms with Crippen molar-refractivity contribution >= 4 is 11.6 Å². The summed E-state index contributed by atoms with van der Waals surface area (Å²) in [5, 5.41) is 0.738. The normalized spacial score (nSPS) is 12.3. The number of aromatic nitrogens is 2. The highest BCUT2D eigenvalue weighted by atomic mass is 35.5. The van der Waals surface area contributed by atoms with Gasteiger partial charge in [-0.05, 0) is 23.3 Å². The van der Waals surface area contributed by atoms with E-state index in [-0.39, 0.29) is 6.10 Å². The summed E-state index contributed by atoms with van der Waals surface area (Å²) in [6.07, 6.45) is 3.95. The van der Waals surface area contributed by atoms with Crippen molar-refractivity contribution in [3.63, 3.8) is 0 Å². The third-order valence-corrected chi connectivity index (χ3v) is 4.16. The van der Waals surface area contributed by atoms with Crippen molar-refractivity contribution in [3.05, 3.63) is 89.0 Å². The van der Waals surface area contributed by atoms with E-state index in [2.05, 4.69) is 21.3 Å². The molecule has 0 N–H and O–H groups in total. The van der Waals surface area contributed by atoms with Gasteiger partial charge in [-0.25, -0.2) is 9.13 Å². The highest BCUT2D eigenvalue weighted by Gasteiger charge is 2.26. The minimum atomic E-state index is -0.128. The van der Waals surface area contributed by atoms with Crippen LogP contribution in [0.1, 0.15) is 23.1 Å². The lowest BCUT2D eigenvalue weighted by Crippen LogP contribution is -2.35. The summed E-state index contributed by atoms with van der Waals surface area (Å²) >= 11 is 5.95. The molecule has 23 heavy (non-hydrogen) atoms. The first-order valence-corrected chi connectivity index (χ1v) is 7.95. The van der Waals surface area contributed by atoms with Crippen LogP contribution in [0.3, 0.4) is 0 Å². The van der Waals surface area contributed by atoms with Gasteiger partial charge in [-0.3, -0.25) is 0 Å². The lowest BCUT2D eigenvalue weighted by atomic mass is 10.1. The van der Waals surface area contributed by atoms with Crippen molar-refractivity contribution in [2.24, 2.45) is 14.1 Å². The van der Waals surface area contributed by atoms with E-state index in [1.165, 1.54) is 0 Å². The van der Waals surface area contributed by atoms with Gasteiger partial charge in [-0.15, -0.1) is 0 Å². The molecule has 1 unspecified atom stereocenters. The summed E-state index contributed by atoms with van der Waals surface area (Å²) in [5.41, 5.74) is 2.24. The Balaban J connectivity index is 1.88. The van der Waals surface area contributed by atoms with Crippen molar-refractivity contribution in [3.8, 4) is 0 Å². The molecule has 0 saturated heterocycles. The standard InChI is InChI=1S/C19H20ClN2O/c1-21-12-13-22(2)19(21)18(16-6-4-3-5-7-16)23-14-15-8-10-17(20)11-9-15/h3-13,18H,14H2,1-2H3/q+1. The maximum atomic E-state index is 6.28. The Morgan fingerprint density at radius 2 is 1.78 bits per heavy atom. The maximum absolute atomic E-state index is 6.28. The molecule has 0 aliphatic carbocycles. The summed E-state index contributed by atoms with van der Waals surface area (Å²) < 4.78 is 10.5. The number of imidazole rings is 1.